The van der Waals surface area contributed by atoms with Crippen molar-refractivity contribution >= 4 is 27.3 Å². The van der Waals surface area contributed by atoms with Crippen LogP contribution in [-0.4, -0.2) is 10.1 Å². The molecule has 0 bridgehead atoms. The van der Waals surface area contributed by atoms with Gasteiger partial charge in [0.25, 0.3) is 0 Å². The first-order valence-corrected chi connectivity index (χ1v) is 5.93. The third-order valence-corrected chi connectivity index (χ3v) is 3.55. The van der Waals surface area contributed by atoms with Gasteiger partial charge in [-0.1, -0.05) is 13.8 Å². The molecule has 0 aliphatic heterocycles. The van der Waals surface area contributed by atoms with E-state index in [9.17, 15) is 5.11 Å². The zero-order valence-corrected chi connectivity index (χ0v) is 10.4. The van der Waals surface area contributed by atoms with Crippen molar-refractivity contribution in [3.63, 3.8) is 0 Å². The van der Waals surface area contributed by atoms with Crippen LogP contribution in [-0.2, 0) is 5.60 Å². The predicted octanol–water partition coefficient (Wildman–Crippen LogP) is 3.16. The van der Waals surface area contributed by atoms with E-state index in [0.29, 0.717) is 5.92 Å². The molecule has 1 unspecified atom stereocenters. The van der Waals surface area contributed by atoms with Crippen LogP contribution in [0.5, 0.6) is 0 Å². The molecule has 0 amide bonds. The van der Waals surface area contributed by atoms with Crippen LogP contribution in [0.2, 0.25) is 0 Å². The maximum Gasteiger partial charge on any atom is 0.125 e. The molecule has 74 valence electrons. The number of hydrogen-bond acceptors (Lipinski definition) is 3. The quantitative estimate of drug-likeness (QED) is 0.909. The molecule has 1 aromatic heterocycles. The van der Waals surface area contributed by atoms with Gasteiger partial charge >= 0.3 is 0 Å². The molecule has 0 aromatic carbocycles. The van der Waals surface area contributed by atoms with Crippen molar-refractivity contribution in [1.82, 2.24) is 4.98 Å². The Bertz CT molecular complexity index is 283. The van der Waals surface area contributed by atoms with Gasteiger partial charge in [-0.2, -0.15) is 0 Å². The molecule has 13 heavy (non-hydrogen) atoms. The fourth-order valence-corrected chi connectivity index (χ4v) is 2.71. The second kappa shape index (κ2) is 4.07. The number of hydrogen-bond donors (Lipinski definition) is 1. The molecule has 0 spiro atoms. The Balaban J connectivity index is 2.80. The minimum absolute atomic E-state index is 0.470. The summed E-state index contributed by atoms with van der Waals surface area (Å²) >= 11 is 4.77. The van der Waals surface area contributed by atoms with Crippen molar-refractivity contribution < 1.29 is 5.11 Å². The Morgan fingerprint density at radius 2 is 2.31 bits per heavy atom. The van der Waals surface area contributed by atoms with Gasteiger partial charge in [-0.3, -0.25) is 0 Å². The average Bonchev–Trinajstić information content (AvgIpc) is 2.32. The topological polar surface area (TPSA) is 33.1 Å². The van der Waals surface area contributed by atoms with Crippen LogP contribution < -0.4 is 0 Å². The van der Waals surface area contributed by atoms with Crippen LogP contribution in [0.15, 0.2) is 9.98 Å². The van der Waals surface area contributed by atoms with E-state index in [0.717, 1.165) is 16.0 Å². The highest BCUT2D eigenvalue weighted by Crippen LogP contribution is 2.31. The first kappa shape index (κ1) is 11.1. The molecule has 4 heteroatoms. The van der Waals surface area contributed by atoms with E-state index in [1.165, 1.54) is 11.3 Å². The fourth-order valence-electron chi connectivity index (χ4n) is 1.38. The molecule has 1 heterocycles. The van der Waals surface area contributed by atoms with Gasteiger partial charge in [0.1, 0.15) is 15.2 Å². The molecular formula is C9H14BrNOS. The Morgan fingerprint density at radius 3 is 2.69 bits per heavy atom. The molecule has 1 aromatic rings. The maximum absolute atomic E-state index is 10.1. The number of rotatable bonds is 3. The summed E-state index contributed by atoms with van der Waals surface area (Å²) in [5.41, 5.74) is -0.787. The molecule has 0 aliphatic rings. The van der Waals surface area contributed by atoms with Gasteiger partial charge in [0.15, 0.2) is 0 Å². The lowest BCUT2D eigenvalue weighted by Crippen LogP contribution is -2.23. The smallest absolute Gasteiger partial charge is 0.125 e. The van der Waals surface area contributed by atoms with Crippen LogP contribution in [0.3, 0.4) is 0 Å². The zero-order chi connectivity index (χ0) is 10.1. The van der Waals surface area contributed by atoms with Crippen LogP contribution in [0, 0.1) is 5.92 Å². The number of aromatic nitrogens is 1. The lowest BCUT2D eigenvalue weighted by Gasteiger charge is -2.22. The molecule has 0 saturated heterocycles. The van der Waals surface area contributed by atoms with E-state index in [4.69, 9.17) is 0 Å². The van der Waals surface area contributed by atoms with Crippen LogP contribution >= 0.6 is 27.3 Å². The highest BCUT2D eigenvalue weighted by molar-refractivity contribution is 9.10. The number of nitrogens with zero attached hydrogens (tertiary/aromatic N) is 1. The summed E-state index contributed by atoms with van der Waals surface area (Å²) < 4.78 is 0.802. The Kier molecular flexibility index (Phi) is 3.49. The van der Waals surface area contributed by atoms with Gasteiger partial charge in [0.05, 0.1) is 0 Å². The lowest BCUT2D eigenvalue weighted by molar-refractivity contribution is 0.0345. The molecule has 0 aliphatic carbocycles. The minimum atomic E-state index is -0.787. The standard InChI is InChI=1S/C9H14BrNOS/c1-6(2)4-9(3,12)8-11-7(10)5-13-8/h5-6,12H,4H2,1-3H3. The fraction of sp³-hybridized carbons (Fsp3) is 0.667. The van der Waals surface area contributed by atoms with E-state index >= 15 is 0 Å². The van der Waals surface area contributed by atoms with E-state index in [1.54, 1.807) is 0 Å². The highest BCUT2D eigenvalue weighted by atomic mass is 79.9. The van der Waals surface area contributed by atoms with Gasteiger partial charge in [-0.25, -0.2) is 4.98 Å². The van der Waals surface area contributed by atoms with E-state index < -0.39 is 5.60 Å². The maximum atomic E-state index is 10.1. The van der Waals surface area contributed by atoms with Crippen LogP contribution in [0.1, 0.15) is 32.2 Å². The van der Waals surface area contributed by atoms with Gasteiger partial charge in [0.2, 0.25) is 0 Å². The molecule has 0 fully saturated rings. The van der Waals surface area contributed by atoms with Gasteiger partial charge < -0.3 is 5.11 Å². The Labute approximate surface area is 91.1 Å². The van der Waals surface area contributed by atoms with Gasteiger partial charge in [-0.05, 0) is 35.2 Å². The summed E-state index contributed by atoms with van der Waals surface area (Å²) in [5.74, 6) is 0.470. The van der Waals surface area contributed by atoms with E-state index in [2.05, 4.69) is 34.8 Å². The highest BCUT2D eigenvalue weighted by Gasteiger charge is 2.27. The molecule has 0 saturated carbocycles. The van der Waals surface area contributed by atoms with Crippen LogP contribution in [0.25, 0.3) is 0 Å². The van der Waals surface area contributed by atoms with Crippen molar-refractivity contribution in [3.8, 4) is 0 Å². The average molecular weight is 264 g/mol. The minimum Gasteiger partial charge on any atom is -0.383 e. The van der Waals surface area contributed by atoms with Crippen molar-refractivity contribution in [3.05, 3.63) is 15.0 Å². The second-order valence-corrected chi connectivity index (χ2v) is 5.52. The summed E-state index contributed by atoms with van der Waals surface area (Å²) in [6, 6.07) is 0. The Hall–Kier alpha value is 0.0700. The summed E-state index contributed by atoms with van der Waals surface area (Å²) in [6.07, 6.45) is 0.743. The van der Waals surface area contributed by atoms with Crippen LogP contribution in [0.4, 0.5) is 0 Å². The molecule has 2 nitrogen and oxygen atoms in total. The summed E-state index contributed by atoms with van der Waals surface area (Å²) in [6.45, 7) is 6.01. The van der Waals surface area contributed by atoms with E-state index in [1.807, 2.05) is 12.3 Å². The monoisotopic (exact) mass is 263 g/mol. The summed E-state index contributed by atoms with van der Waals surface area (Å²) in [4.78, 5) is 4.22. The van der Waals surface area contributed by atoms with Crippen molar-refractivity contribution in [1.29, 1.82) is 0 Å². The van der Waals surface area contributed by atoms with E-state index in [-0.39, 0.29) is 0 Å². The molecular weight excluding hydrogens is 250 g/mol. The second-order valence-electron chi connectivity index (χ2n) is 3.85. The first-order valence-electron chi connectivity index (χ1n) is 4.25. The summed E-state index contributed by atoms with van der Waals surface area (Å²) in [7, 11) is 0. The normalized spacial score (nSPS) is 16.2. The first-order chi connectivity index (χ1) is 5.92. The molecule has 1 N–H and O–H groups in total. The zero-order valence-electron chi connectivity index (χ0n) is 8.04. The number of halogens is 1. The largest absolute Gasteiger partial charge is 0.383 e. The van der Waals surface area contributed by atoms with Crippen molar-refractivity contribution in [2.45, 2.75) is 32.8 Å². The summed E-state index contributed by atoms with van der Waals surface area (Å²) in [5, 5.41) is 12.8. The predicted molar refractivity (Wildman–Crippen MR) is 58.8 cm³/mol. The van der Waals surface area contributed by atoms with Crippen molar-refractivity contribution in [2.75, 3.05) is 0 Å². The van der Waals surface area contributed by atoms with Gasteiger partial charge in [-0.15, -0.1) is 11.3 Å². The molecule has 1 rings (SSSR count). The number of thiazole rings is 1. The third-order valence-electron chi connectivity index (χ3n) is 1.74. The van der Waals surface area contributed by atoms with Crippen molar-refractivity contribution in [2.24, 2.45) is 5.92 Å². The number of aliphatic hydroxyl groups is 1. The Morgan fingerprint density at radius 1 is 1.69 bits per heavy atom. The van der Waals surface area contributed by atoms with Gasteiger partial charge in [0, 0.05) is 5.38 Å². The molecule has 0 radical (unpaired) electrons. The lowest BCUT2D eigenvalue weighted by atomic mass is 9.95. The SMILES string of the molecule is CC(C)CC(C)(O)c1nc(Br)cs1. The molecule has 1 atom stereocenters. The third kappa shape index (κ3) is 3.04.